The topological polar surface area (TPSA) is 49.4 Å². The number of carbonyl (C=O) groups is 2. The van der Waals surface area contributed by atoms with E-state index in [1.165, 1.54) is 4.90 Å². The molecule has 4 nitrogen and oxygen atoms in total. The summed E-state index contributed by atoms with van der Waals surface area (Å²) in [7, 11) is 0. The van der Waals surface area contributed by atoms with E-state index < -0.39 is 0 Å². The second-order valence-corrected chi connectivity index (χ2v) is 4.82. The maximum atomic E-state index is 12.2. The molecule has 17 heavy (non-hydrogen) atoms. The zero-order valence-corrected chi connectivity index (χ0v) is 9.48. The molecule has 1 N–H and O–H groups in total. The highest BCUT2D eigenvalue weighted by atomic mass is 16.2. The number of hydrogen-bond acceptors (Lipinski definition) is 2. The molecule has 1 aromatic rings. The lowest BCUT2D eigenvalue weighted by atomic mass is 10.0. The lowest BCUT2D eigenvalue weighted by Gasteiger charge is -2.31. The highest BCUT2D eigenvalue weighted by Crippen LogP contribution is 2.48. The van der Waals surface area contributed by atoms with Gasteiger partial charge in [-0.2, -0.15) is 0 Å². The maximum Gasteiger partial charge on any atom is 0.324 e. The second-order valence-electron chi connectivity index (χ2n) is 4.82. The van der Waals surface area contributed by atoms with Crippen LogP contribution < -0.4 is 5.32 Å². The number of urea groups is 1. The molecule has 2 fully saturated rings. The zero-order valence-electron chi connectivity index (χ0n) is 9.48. The molecule has 1 spiro atoms. The number of carbonyl (C=O) groups excluding carboxylic acids is 2. The molecule has 0 bridgehead atoms. The molecule has 0 radical (unpaired) electrons. The van der Waals surface area contributed by atoms with Gasteiger partial charge in [-0.25, -0.2) is 4.79 Å². The third-order valence-corrected chi connectivity index (χ3v) is 3.56. The van der Waals surface area contributed by atoms with E-state index in [9.17, 15) is 9.59 Å². The van der Waals surface area contributed by atoms with Crippen LogP contribution in [-0.2, 0) is 11.3 Å². The molecule has 0 aromatic heterocycles. The summed E-state index contributed by atoms with van der Waals surface area (Å²) in [5, 5.41) is 2.80. The minimum atomic E-state index is -0.275. The van der Waals surface area contributed by atoms with Crippen molar-refractivity contribution in [2.24, 2.45) is 5.41 Å². The minimum Gasteiger partial charge on any atom is -0.337 e. The van der Waals surface area contributed by atoms with Crippen LogP contribution in [0.4, 0.5) is 4.79 Å². The van der Waals surface area contributed by atoms with Crippen molar-refractivity contribution in [2.75, 3.05) is 6.54 Å². The molecule has 0 unspecified atom stereocenters. The van der Waals surface area contributed by atoms with Crippen LogP contribution in [0.5, 0.6) is 0 Å². The molecule has 3 amide bonds. The van der Waals surface area contributed by atoms with E-state index in [4.69, 9.17) is 0 Å². The maximum absolute atomic E-state index is 12.2. The monoisotopic (exact) mass is 230 g/mol. The molecular weight excluding hydrogens is 216 g/mol. The quantitative estimate of drug-likeness (QED) is 0.837. The van der Waals surface area contributed by atoms with Crippen LogP contribution in [0.15, 0.2) is 30.3 Å². The lowest BCUT2D eigenvalue weighted by Crippen LogP contribution is -2.55. The fourth-order valence-electron chi connectivity index (χ4n) is 2.25. The molecule has 3 rings (SSSR count). The fourth-order valence-corrected chi connectivity index (χ4v) is 2.25. The normalized spacial score (nSPS) is 21.5. The lowest BCUT2D eigenvalue weighted by molar-refractivity contribution is -0.135. The van der Waals surface area contributed by atoms with Crippen LogP contribution in [0.3, 0.4) is 0 Å². The van der Waals surface area contributed by atoms with Crippen LogP contribution in [0.2, 0.25) is 0 Å². The highest BCUT2D eigenvalue weighted by Gasteiger charge is 2.55. The fraction of sp³-hybridized carbons (Fsp3) is 0.385. The molecule has 1 heterocycles. The Morgan fingerprint density at radius 2 is 1.88 bits per heavy atom. The Balaban J connectivity index is 1.81. The number of hydrogen-bond donors (Lipinski definition) is 1. The molecule has 1 aromatic carbocycles. The predicted molar refractivity (Wildman–Crippen MR) is 62.1 cm³/mol. The van der Waals surface area contributed by atoms with E-state index in [0.717, 1.165) is 18.4 Å². The van der Waals surface area contributed by atoms with Crippen LogP contribution in [0.25, 0.3) is 0 Å². The Morgan fingerprint density at radius 1 is 1.18 bits per heavy atom. The zero-order chi connectivity index (χ0) is 11.9. The van der Waals surface area contributed by atoms with Gasteiger partial charge in [-0.05, 0) is 18.4 Å². The summed E-state index contributed by atoms with van der Waals surface area (Å²) < 4.78 is 0. The molecular formula is C13H14N2O2. The van der Waals surface area contributed by atoms with Gasteiger partial charge in [0, 0.05) is 6.54 Å². The summed E-state index contributed by atoms with van der Waals surface area (Å²) in [6.45, 7) is 0.878. The largest absolute Gasteiger partial charge is 0.337 e. The first-order valence-corrected chi connectivity index (χ1v) is 5.85. The SMILES string of the molecule is O=C1NCC2(CC2)C(=O)N1Cc1ccccc1. The average Bonchev–Trinajstić information content (AvgIpc) is 3.13. The number of rotatable bonds is 2. The van der Waals surface area contributed by atoms with Crippen LogP contribution in [0, 0.1) is 5.41 Å². The van der Waals surface area contributed by atoms with Crippen LogP contribution >= 0.6 is 0 Å². The number of nitrogens with one attached hydrogen (secondary N) is 1. The minimum absolute atomic E-state index is 0.00916. The van der Waals surface area contributed by atoms with Gasteiger partial charge in [-0.3, -0.25) is 9.69 Å². The summed E-state index contributed by atoms with van der Waals surface area (Å²) in [6, 6.07) is 9.33. The first-order valence-electron chi connectivity index (χ1n) is 5.85. The van der Waals surface area contributed by atoms with Gasteiger partial charge in [0.25, 0.3) is 0 Å². The smallest absolute Gasteiger partial charge is 0.324 e. The van der Waals surface area contributed by atoms with E-state index >= 15 is 0 Å². The van der Waals surface area contributed by atoms with Gasteiger partial charge in [0.05, 0.1) is 12.0 Å². The van der Waals surface area contributed by atoms with E-state index in [0.29, 0.717) is 13.1 Å². The van der Waals surface area contributed by atoms with Gasteiger partial charge in [0.1, 0.15) is 0 Å². The van der Waals surface area contributed by atoms with Gasteiger partial charge in [-0.15, -0.1) is 0 Å². The molecule has 1 aliphatic heterocycles. The van der Waals surface area contributed by atoms with E-state index in [1.807, 2.05) is 30.3 Å². The Bertz CT molecular complexity index is 466. The Morgan fingerprint density at radius 3 is 2.53 bits per heavy atom. The van der Waals surface area contributed by atoms with Crippen molar-refractivity contribution in [1.29, 1.82) is 0 Å². The van der Waals surface area contributed by atoms with E-state index in [1.54, 1.807) is 0 Å². The number of benzene rings is 1. The number of amides is 3. The van der Waals surface area contributed by atoms with Gasteiger partial charge < -0.3 is 5.32 Å². The van der Waals surface area contributed by atoms with Crippen LogP contribution in [-0.4, -0.2) is 23.4 Å². The van der Waals surface area contributed by atoms with E-state index in [2.05, 4.69) is 5.32 Å². The van der Waals surface area contributed by atoms with Gasteiger partial charge >= 0.3 is 6.03 Å². The third-order valence-electron chi connectivity index (χ3n) is 3.56. The molecule has 1 aliphatic carbocycles. The number of nitrogens with zero attached hydrogens (tertiary/aromatic N) is 1. The van der Waals surface area contributed by atoms with Crippen molar-refractivity contribution >= 4 is 11.9 Å². The first kappa shape index (κ1) is 10.3. The summed E-state index contributed by atoms with van der Waals surface area (Å²) in [5.41, 5.74) is 0.705. The Kier molecular flexibility index (Phi) is 2.18. The molecule has 2 aliphatic rings. The van der Waals surface area contributed by atoms with Crippen molar-refractivity contribution in [1.82, 2.24) is 10.2 Å². The third kappa shape index (κ3) is 1.69. The Hall–Kier alpha value is -1.84. The van der Waals surface area contributed by atoms with Gasteiger partial charge in [0.2, 0.25) is 5.91 Å². The summed E-state index contributed by atoms with van der Waals surface area (Å²) in [5.74, 6) is -0.00916. The number of imide groups is 1. The van der Waals surface area contributed by atoms with Crippen molar-refractivity contribution in [3.63, 3.8) is 0 Å². The molecule has 0 atom stereocenters. The molecule has 1 saturated carbocycles. The molecule has 4 heteroatoms. The van der Waals surface area contributed by atoms with Gasteiger partial charge in [0.15, 0.2) is 0 Å². The standard InChI is InChI=1S/C13H14N2O2/c16-11-13(6-7-13)9-14-12(17)15(11)8-10-4-2-1-3-5-10/h1-5H,6-9H2,(H,14,17). The summed E-state index contributed by atoms with van der Waals surface area (Å²) >= 11 is 0. The van der Waals surface area contributed by atoms with E-state index in [-0.39, 0.29) is 17.4 Å². The van der Waals surface area contributed by atoms with Crippen molar-refractivity contribution in [3.05, 3.63) is 35.9 Å². The second kappa shape index (κ2) is 3.58. The van der Waals surface area contributed by atoms with Crippen molar-refractivity contribution in [2.45, 2.75) is 19.4 Å². The van der Waals surface area contributed by atoms with Crippen molar-refractivity contribution in [3.8, 4) is 0 Å². The first-order chi connectivity index (χ1) is 8.21. The Labute approximate surface area is 99.6 Å². The highest BCUT2D eigenvalue weighted by molar-refractivity contribution is 6.01. The van der Waals surface area contributed by atoms with Crippen molar-refractivity contribution < 1.29 is 9.59 Å². The molecule has 1 saturated heterocycles. The average molecular weight is 230 g/mol. The summed E-state index contributed by atoms with van der Waals surface area (Å²) in [6.07, 6.45) is 1.80. The predicted octanol–water partition coefficient (Wildman–Crippen LogP) is 1.52. The summed E-state index contributed by atoms with van der Waals surface area (Å²) in [4.78, 5) is 25.2. The van der Waals surface area contributed by atoms with Gasteiger partial charge in [-0.1, -0.05) is 30.3 Å². The molecule has 88 valence electrons. The van der Waals surface area contributed by atoms with Crippen LogP contribution in [0.1, 0.15) is 18.4 Å².